The largest absolute Gasteiger partial charge is 0.497 e. The summed E-state index contributed by atoms with van der Waals surface area (Å²) >= 11 is 0. The minimum absolute atomic E-state index is 0.0818. The van der Waals surface area contributed by atoms with Gasteiger partial charge in [0.1, 0.15) is 23.2 Å². The number of methoxy groups -OCH3 is 1. The van der Waals surface area contributed by atoms with E-state index in [-0.39, 0.29) is 23.8 Å². The van der Waals surface area contributed by atoms with E-state index >= 15 is 0 Å². The number of rotatable bonds is 6. The number of amides is 1. The molecule has 0 saturated heterocycles. The van der Waals surface area contributed by atoms with E-state index in [1.54, 1.807) is 42.3 Å². The van der Waals surface area contributed by atoms with Gasteiger partial charge in [0.25, 0.3) is 5.91 Å². The van der Waals surface area contributed by atoms with E-state index in [1.807, 2.05) is 19.1 Å². The van der Waals surface area contributed by atoms with Gasteiger partial charge in [-0.15, -0.1) is 0 Å². The molecular formula is C26H27FN6O2. The molecule has 1 aliphatic carbocycles. The quantitative estimate of drug-likeness (QED) is 0.430. The highest BCUT2D eigenvalue weighted by atomic mass is 19.1. The Hall–Kier alpha value is -4.01. The molecule has 4 aromatic rings. The van der Waals surface area contributed by atoms with Gasteiger partial charge in [-0.2, -0.15) is 5.10 Å². The lowest BCUT2D eigenvalue weighted by molar-refractivity contribution is 0.0926. The highest BCUT2D eigenvalue weighted by molar-refractivity contribution is 5.94. The molecule has 0 spiro atoms. The van der Waals surface area contributed by atoms with E-state index in [2.05, 4.69) is 25.7 Å². The van der Waals surface area contributed by atoms with Crippen molar-refractivity contribution < 1.29 is 13.9 Å². The van der Waals surface area contributed by atoms with Crippen LogP contribution >= 0.6 is 0 Å². The van der Waals surface area contributed by atoms with Crippen LogP contribution in [0.3, 0.4) is 0 Å². The van der Waals surface area contributed by atoms with Crippen molar-refractivity contribution in [2.24, 2.45) is 0 Å². The molecule has 1 fully saturated rings. The van der Waals surface area contributed by atoms with Crippen molar-refractivity contribution in [3.05, 3.63) is 71.9 Å². The van der Waals surface area contributed by atoms with Crippen molar-refractivity contribution in [3.63, 3.8) is 0 Å². The molecule has 2 heterocycles. The van der Waals surface area contributed by atoms with E-state index in [9.17, 15) is 9.18 Å². The summed E-state index contributed by atoms with van der Waals surface area (Å²) in [6, 6.07) is 13.7. The Bertz CT molecular complexity index is 1350. The predicted octanol–water partition coefficient (Wildman–Crippen LogP) is 4.42. The first-order valence-electron chi connectivity index (χ1n) is 11.7. The Morgan fingerprint density at radius 2 is 1.80 bits per heavy atom. The van der Waals surface area contributed by atoms with Crippen molar-refractivity contribution in [3.8, 4) is 11.4 Å². The molecule has 2 aromatic heterocycles. The van der Waals surface area contributed by atoms with E-state index in [0.29, 0.717) is 22.8 Å². The molecule has 0 bridgehead atoms. The van der Waals surface area contributed by atoms with E-state index in [1.165, 1.54) is 12.1 Å². The van der Waals surface area contributed by atoms with Gasteiger partial charge in [-0.05, 0) is 75.1 Å². The minimum atomic E-state index is -0.298. The van der Waals surface area contributed by atoms with Crippen molar-refractivity contribution in [1.29, 1.82) is 0 Å². The number of hydrogen-bond acceptors (Lipinski definition) is 6. The topological polar surface area (TPSA) is 94.0 Å². The van der Waals surface area contributed by atoms with Gasteiger partial charge in [-0.25, -0.2) is 19.0 Å². The number of carbonyl (C=O) groups excluding carboxylic acids is 1. The number of nitrogens with zero attached hydrogens (tertiary/aromatic N) is 4. The molecule has 0 radical (unpaired) electrons. The maximum Gasteiger partial charge on any atom is 0.251 e. The van der Waals surface area contributed by atoms with Crippen LogP contribution in [0, 0.1) is 12.7 Å². The highest BCUT2D eigenvalue weighted by Gasteiger charge is 2.24. The summed E-state index contributed by atoms with van der Waals surface area (Å²) in [7, 11) is 1.59. The summed E-state index contributed by atoms with van der Waals surface area (Å²) in [6.45, 7) is 1.84. The summed E-state index contributed by atoms with van der Waals surface area (Å²) in [4.78, 5) is 21.8. The summed E-state index contributed by atoms with van der Waals surface area (Å²) in [5.41, 5.74) is 2.00. The summed E-state index contributed by atoms with van der Waals surface area (Å²) < 4.78 is 20.3. The Kier molecular flexibility index (Phi) is 6.31. The molecule has 5 rings (SSSR count). The molecule has 0 unspecified atom stereocenters. The normalized spacial score (nSPS) is 17.8. The molecule has 9 heteroatoms. The van der Waals surface area contributed by atoms with Gasteiger partial charge in [-0.3, -0.25) is 4.79 Å². The van der Waals surface area contributed by atoms with Gasteiger partial charge in [-0.1, -0.05) is 6.07 Å². The molecule has 180 valence electrons. The molecule has 1 saturated carbocycles. The van der Waals surface area contributed by atoms with E-state index < -0.39 is 0 Å². The second-order valence-corrected chi connectivity index (χ2v) is 8.79. The molecule has 1 amide bonds. The van der Waals surface area contributed by atoms with Crippen LogP contribution in [-0.2, 0) is 0 Å². The number of hydrogen-bond donors (Lipinski definition) is 2. The van der Waals surface area contributed by atoms with Crippen LogP contribution in [0.4, 0.5) is 10.2 Å². The van der Waals surface area contributed by atoms with Gasteiger partial charge in [0.2, 0.25) is 0 Å². The maximum atomic E-state index is 13.4. The van der Waals surface area contributed by atoms with Gasteiger partial charge in [0, 0.05) is 17.6 Å². The number of fused-ring (bicyclic) bond motifs is 1. The number of ether oxygens (including phenoxy) is 1. The zero-order chi connectivity index (χ0) is 24.4. The molecule has 8 nitrogen and oxygen atoms in total. The zero-order valence-corrected chi connectivity index (χ0v) is 19.7. The van der Waals surface area contributed by atoms with Gasteiger partial charge in [0.15, 0.2) is 5.65 Å². The second kappa shape index (κ2) is 9.69. The number of benzene rings is 2. The zero-order valence-electron chi connectivity index (χ0n) is 19.7. The predicted molar refractivity (Wildman–Crippen MR) is 131 cm³/mol. The number of halogens is 1. The van der Waals surface area contributed by atoms with E-state index in [4.69, 9.17) is 4.74 Å². The summed E-state index contributed by atoms with van der Waals surface area (Å²) in [5.74, 6) is 1.66. The third kappa shape index (κ3) is 4.94. The number of carbonyl (C=O) groups is 1. The Labute approximate surface area is 202 Å². The molecule has 0 atom stereocenters. The van der Waals surface area contributed by atoms with Crippen molar-refractivity contribution >= 4 is 22.8 Å². The molecular weight excluding hydrogens is 447 g/mol. The third-order valence-corrected chi connectivity index (χ3v) is 6.35. The van der Waals surface area contributed by atoms with Crippen LogP contribution in [0.2, 0.25) is 0 Å². The molecule has 35 heavy (non-hydrogen) atoms. The SMILES string of the molecule is COc1cccc(C(=O)NC2CCC(Nc3nc(C)nc4c3cnn4-c3ccc(F)cc3)CC2)c1. The van der Waals surface area contributed by atoms with Crippen molar-refractivity contribution in [1.82, 2.24) is 25.1 Å². The molecule has 1 aliphatic rings. The first-order valence-corrected chi connectivity index (χ1v) is 11.7. The number of anilines is 1. The lowest BCUT2D eigenvalue weighted by Gasteiger charge is -2.30. The number of aryl methyl sites for hydroxylation is 1. The van der Waals surface area contributed by atoms with Crippen LogP contribution < -0.4 is 15.4 Å². The number of aromatic nitrogens is 4. The van der Waals surface area contributed by atoms with Crippen LogP contribution in [0.5, 0.6) is 5.75 Å². The lowest BCUT2D eigenvalue weighted by Crippen LogP contribution is -2.40. The van der Waals surface area contributed by atoms with Crippen molar-refractivity contribution in [2.45, 2.75) is 44.7 Å². The van der Waals surface area contributed by atoms with Gasteiger partial charge in [0.05, 0.1) is 24.4 Å². The molecule has 2 N–H and O–H groups in total. The maximum absolute atomic E-state index is 13.4. The van der Waals surface area contributed by atoms with Gasteiger partial charge >= 0.3 is 0 Å². The average molecular weight is 475 g/mol. The fraction of sp³-hybridized carbons (Fsp3) is 0.308. The summed E-state index contributed by atoms with van der Waals surface area (Å²) in [5, 5.41) is 12.0. The van der Waals surface area contributed by atoms with E-state index in [0.717, 1.165) is 42.6 Å². The minimum Gasteiger partial charge on any atom is -0.497 e. The second-order valence-electron chi connectivity index (χ2n) is 8.79. The van der Waals surface area contributed by atoms with Crippen LogP contribution in [0.25, 0.3) is 16.7 Å². The van der Waals surface area contributed by atoms with Crippen LogP contribution in [0.15, 0.2) is 54.7 Å². The monoisotopic (exact) mass is 474 g/mol. The van der Waals surface area contributed by atoms with Crippen LogP contribution in [0.1, 0.15) is 41.9 Å². The lowest BCUT2D eigenvalue weighted by atomic mass is 9.91. The average Bonchev–Trinajstić information content (AvgIpc) is 3.29. The van der Waals surface area contributed by atoms with Crippen LogP contribution in [-0.4, -0.2) is 44.8 Å². The fourth-order valence-electron chi connectivity index (χ4n) is 4.51. The first kappa shape index (κ1) is 22.8. The Morgan fingerprint density at radius 3 is 2.54 bits per heavy atom. The molecule has 2 aromatic carbocycles. The highest BCUT2D eigenvalue weighted by Crippen LogP contribution is 2.27. The third-order valence-electron chi connectivity index (χ3n) is 6.35. The first-order chi connectivity index (χ1) is 17.0. The Morgan fingerprint density at radius 1 is 1.06 bits per heavy atom. The fourth-order valence-corrected chi connectivity index (χ4v) is 4.51. The summed E-state index contributed by atoms with van der Waals surface area (Å²) in [6.07, 6.45) is 5.28. The Balaban J connectivity index is 1.25. The smallest absolute Gasteiger partial charge is 0.251 e. The number of nitrogens with one attached hydrogen (secondary N) is 2. The molecule has 0 aliphatic heterocycles. The van der Waals surface area contributed by atoms with Crippen molar-refractivity contribution in [2.75, 3.05) is 12.4 Å². The standard InChI is InChI=1S/C26H27FN6O2/c1-16-29-24(23-15-28-33(25(23)30-16)21-12-6-18(27)7-13-21)31-19-8-10-20(11-9-19)32-26(34)17-4-3-5-22(14-17)35-2/h3-7,12-15,19-20H,8-11H2,1-2H3,(H,32,34)(H,29,30,31). The van der Waals surface area contributed by atoms with Gasteiger partial charge < -0.3 is 15.4 Å².